The zero-order valence-corrected chi connectivity index (χ0v) is 13.3. The van der Waals surface area contributed by atoms with Gasteiger partial charge in [0.25, 0.3) is 0 Å². The second-order valence-electron chi connectivity index (χ2n) is 5.59. The molecule has 1 atom stereocenters. The quantitative estimate of drug-likeness (QED) is 0.804. The van der Waals surface area contributed by atoms with Gasteiger partial charge in [0.1, 0.15) is 0 Å². The third-order valence-corrected chi connectivity index (χ3v) is 4.31. The summed E-state index contributed by atoms with van der Waals surface area (Å²) < 4.78 is 4.73. The Labute approximate surface area is 131 Å². The maximum atomic E-state index is 10.6. The molecule has 0 aromatic heterocycles. The first-order valence-corrected chi connectivity index (χ1v) is 7.48. The van der Waals surface area contributed by atoms with Crippen LogP contribution in [0.4, 0.5) is 4.79 Å². The van der Waals surface area contributed by atoms with Crippen molar-refractivity contribution in [2.75, 3.05) is 6.61 Å². The van der Waals surface area contributed by atoms with Crippen LogP contribution in [0.3, 0.4) is 0 Å². The fraction of sp³-hybridized carbons (Fsp3) is 0.316. The van der Waals surface area contributed by atoms with E-state index in [1.54, 1.807) is 0 Å². The van der Waals surface area contributed by atoms with Gasteiger partial charge in [-0.3, -0.25) is 0 Å². The minimum Gasteiger partial charge on any atom is -0.450 e. The van der Waals surface area contributed by atoms with Crippen molar-refractivity contribution in [3.05, 3.63) is 70.3 Å². The number of carboxylic acid groups (broad SMARTS) is 1. The Bertz CT molecular complexity index is 647. The smallest absolute Gasteiger partial charge is 0.450 e. The molecule has 0 aliphatic heterocycles. The summed E-state index contributed by atoms with van der Waals surface area (Å²) in [7, 11) is 0. The average Bonchev–Trinajstić information content (AvgIpc) is 2.51. The Morgan fingerprint density at radius 2 is 1.73 bits per heavy atom. The fourth-order valence-electron chi connectivity index (χ4n) is 2.81. The summed E-state index contributed by atoms with van der Waals surface area (Å²) in [6, 6.07) is 14.5. The molecule has 0 spiro atoms. The van der Waals surface area contributed by atoms with Crippen LogP contribution >= 0.6 is 0 Å². The standard InChI is InChI=1S/C19H22O3/c1-13-9-10-17(15(3)14(13)2)18(11-12-22-19(20)21)16-7-5-4-6-8-16/h4-10,18H,11-12H2,1-3H3,(H,20,21). The number of carbonyl (C=O) groups is 1. The molecular weight excluding hydrogens is 276 g/mol. The van der Waals surface area contributed by atoms with E-state index in [1.165, 1.54) is 27.8 Å². The summed E-state index contributed by atoms with van der Waals surface area (Å²) in [5, 5.41) is 8.68. The van der Waals surface area contributed by atoms with Gasteiger partial charge < -0.3 is 9.84 Å². The summed E-state index contributed by atoms with van der Waals surface area (Å²) in [5.41, 5.74) is 6.25. The van der Waals surface area contributed by atoms with Gasteiger partial charge in [-0.15, -0.1) is 0 Å². The van der Waals surface area contributed by atoms with E-state index in [-0.39, 0.29) is 12.5 Å². The van der Waals surface area contributed by atoms with Crippen molar-refractivity contribution in [2.45, 2.75) is 33.1 Å². The van der Waals surface area contributed by atoms with Gasteiger partial charge in [-0.05, 0) is 55.0 Å². The summed E-state index contributed by atoms with van der Waals surface area (Å²) >= 11 is 0. The van der Waals surface area contributed by atoms with E-state index < -0.39 is 6.16 Å². The third-order valence-electron chi connectivity index (χ3n) is 4.31. The molecule has 0 saturated heterocycles. The molecule has 0 bridgehead atoms. The Morgan fingerprint density at radius 1 is 1.05 bits per heavy atom. The van der Waals surface area contributed by atoms with E-state index in [2.05, 4.69) is 45.0 Å². The van der Waals surface area contributed by atoms with Gasteiger partial charge in [-0.2, -0.15) is 0 Å². The number of hydrogen-bond acceptors (Lipinski definition) is 2. The summed E-state index contributed by atoms with van der Waals surface area (Å²) in [5.74, 6) is 0.139. The molecule has 1 unspecified atom stereocenters. The van der Waals surface area contributed by atoms with Gasteiger partial charge in [-0.25, -0.2) is 4.79 Å². The van der Waals surface area contributed by atoms with Crippen LogP contribution in [0, 0.1) is 20.8 Å². The van der Waals surface area contributed by atoms with E-state index >= 15 is 0 Å². The largest absolute Gasteiger partial charge is 0.505 e. The predicted octanol–water partition coefficient (Wildman–Crippen LogP) is 4.83. The van der Waals surface area contributed by atoms with Crippen LogP contribution in [0.1, 0.15) is 40.2 Å². The monoisotopic (exact) mass is 298 g/mol. The fourth-order valence-corrected chi connectivity index (χ4v) is 2.81. The first-order chi connectivity index (χ1) is 10.5. The van der Waals surface area contributed by atoms with Gasteiger partial charge in [-0.1, -0.05) is 42.5 Å². The molecule has 116 valence electrons. The number of rotatable bonds is 5. The number of hydrogen-bond donors (Lipinski definition) is 1. The van der Waals surface area contributed by atoms with Crippen molar-refractivity contribution < 1.29 is 14.6 Å². The summed E-state index contributed by atoms with van der Waals surface area (Å²) in [4.78, 5) is 10.6. The van der Waals surface area contributed by atoms with Gasteiger partial charge >= 0.3 is 6.16 Å². The predicted molar refractivity (Wildman–Crippen MR) is 87.5 cm³/mol. The van der Waals surface area contributed by atoms with E-state index in [0.29, 0.717) is 6.42 Å². The van der Waals surface area contributed by atoms with Crippen LogP contribution in [0.2, 0.25) is 0 Å². The normalized spacial score (nSPS) is 12.0. The average molecular weight is 298 g/mol. The number of ether oxygens (including phenoxy) is 1. The second-order valence-corrected chi connectivity index (χ2v) is 5.59. The third kappa shape index (κ3) is 3.67. The molecular formula is C19H22O3. The summed E-state index contributed by atoms with van der Waals surface area (Å²) in [6.45, 7) is 6.56. The minimum atomic E-state index is -1.22. The maximum absolute atomic E-state index is 10.6. The molecule has 2 aromatic rings. The molecule has 22 heavy (non-hydrogen) atoms. The van der Waals surface area contributed by atoms with Crippen molar-refractivity contribution in [3.63, 3.8) is 0 Å². The molecule has 0 radical (unpaired) electrons. The zero-order valence-electron chi connectivity index (χ0n) is 13.3. The molecule has 0 fully saturated rings. The van der Waals surface area contributed by atoms with Gasteiger partial charge in [0.2, 0.25) is 0 Å². The Kier molecular flexibility index (Phi) is 5.21. The van der Waals surface area contributed by atoms with Crippen molar-refractivity contribution in [1.29, 1.82) is 0 Å². The van der Waals surface area contributed by atoms with Crippen LogP contribution in [-0.4, -0.2) is 17.9 Å². The molecule has 0 heterocycles. The van der Waals surface area contributed by atoms with Crippen LogP contribution in [0.15, 0.2) is 42.5 Å². The number of benzene rings is 2. The van der Waals surface area contributed by atoms with Crippen molar-refractivity contribution in [2.24, 2.45) is 0 Å². The highest BCUT2D eigenvalue weighted by Crippen LogP contribution is 2.32. The molecule has 0 aliphatic carbocycles. The molecule has 0 amide bonds. The van der Waals surface area contributed by atoms with Crippen molar-refractivity contribution in [1.82, 2.24) is 0 Å². The Balaban J connectivity index is 2.36. The summed E-state index contributed by atoms with van der Waals surface area (Å²) in [6.07, 6.45) is -0.580. The Hall–Kier alpha value is -2.29. The highest BCUT2D eigenvalue weighted by molar-refractivity contribution is 5.56. The lowest BCUT2D eigenvalue weighted by molar-refractivity contribution is 0.0896. The lowest BCUT2D eigenvalue weighted by atomic mass is 9.84. The van der Waals surface area contributed by atoms with E-state index in [0.717, 1.165) is 0 Å². The lowest BCUT2D eigenvalue weighted by Crippen LogP contribution is -2.10. The van der Waals surface area contributed by atoms with Crippen LogP contribution in [-0.2, 0) is 4.74 Å². The van der Waals surface area contributed by atoms with Crippen LogP contribution in [0.5, 0.6) is 0 Å². The second kappa shape index (κ2) is 7.12. The molecule has 3 nitrogen and oxygen atoms in total. The van der Waals surface area contributed by atoms with Gasteiger partial charge in [0.05, 0.1) is 6.61 Å². The van der Waals surface area contributed by atoms with Crippen molar-refractivity contribution in [3.8, 4) is 0 Å². The first-order valence-electron chi connectivity index (χ1n) is 7.48. The highest BCUT2D eigenvalue weighted by Gasteiger charge is 2.18. The molecule has 0 aliphatic rings. The maximum Gasteiger partial charge on any atom is 0.505 e. The Morgan fingerprint density at radius 3 is 2.36 bits per heavy atom. The number of aryl methyl sites for hydroxylation is 1. The lowest BCUT2D eigenvalue weighted by Gasteiger charge is -2.22. The SMILES string of the molecule is Cc1ccc(C(CCOC(=O)O)c2ccccc2)c(C)c1C. The molecule has 0 saturated carbocycles. The van der Waals surface area contributed by atoms with Crippen molar-refractivity contribution >= 4 is 6.16 Å². The molecule has 2 aromatic carbocycles. The van der Waals surface area contributed by atoms with E-state index in [1.807, 2.05) is 18.2 Å². The first kappa shape index (κ1) is 16.1. The van der Waals surface area contributed by atoms with Gasteiger partial charge in [0.15, 0.2) is 0 Å². The highest BCUT2D eigenvalue weighted by atomic mass is 16.7. The van der Waals surface area contributed by atoms with Gasteiger partial charge in [0, 0.05) is 5.92 Å². The van der Waals surface area contributed by atoms with E-state index in [9.17, 15) is 4.79 Å². The van der Waals surface area contributed by atoms with Crippen LogP contribution in [0.25, 0.3) is 0 Å². The molecule has 1 N–H and O–H groups in total. The molecule has 2 rings (SSSR count). The van der Waals surface area contributed by atoms with E-state index in [4.69, 9.17) is 9.84 Å². The minimum absolute atomic E-state index is 0.139. The molecule has 3 heteroatoms. The van der Waals surface area contributed by atoms with Crippen LogP contribution < -0.4 is 0 Å². The zero-order chi connectivity index (χ0) is 16.1. The topological polar surface area (TPSA) is 46.5 Å².